The van der Waals surface area contributed by atoms with Crippen molar-refractivity contribution in [2.75, 3.05) is 26.7 Å². The van der Waals surface area contributed by atoms with Gasteiger partial charge >= 0.3 is 0 Å². The lowest BCUT2D eigenvalue weighted by molar-refractivity contribution is -0.125. The number of nitrogens with zero attached hydrogens (tertiary/aromatic N) is 1. The van der Waals surface area contributed by atoms with Crippen molar-refractivity contribution in [2.45, 2.75) is 45.2 Å². The highest BCUT2D eigenvalue weighted by Crippen LogP contribution is 2.12. The van der Waals surface area contributed by atoms with Gasteiger partial charge in [0.25, 0.3) is 0 Å². The van der Waals surface area contributed by atoms with E-state index in [9.17, 15) is 4.79 Å². The Labute approximate surface area is 98.8 Å². The number of rotatable bonds is 6. The van der Waals surface area contributed by atoms with Gasteiger partial charge in [-0.3, -0.25) is 9.69 Å². The molecule has 1 aliphatic heterocycles. The van der Waals surface area contributed by atoms with Crippen molar-refractivity contribution in [2.24, 2.45) is 0 Å². The first-order chi connectivity index (χ1) is 7.69. The van der Waals surface area contributed by atoms with E-state index in [0.717, 1.165) is 38.9 Å². The molecule has 94 valence electrons. The van der Waals surface area contributed by atoms with Gasteiger partial charge in [0.2, 0.25) is 5.91 Å². The van der Waals surface area contributed by atoms with Crippen LogP contribution in [0.5, 0.6) is 0 Å². The van der Waals surface area contributed by atoms with Crippen LogP contribution in [-0.2, 0) is 4.79 Å². The molecule has 0 aromatic heterocycles. The average Bonchev–Trinajstić information content (AvgIpc) is 2.76. The standard InChI is InChI=1S/C12H25N3O/c1-4-5-7-14-12(16)10(2)15-8-6-11(9-15)13-3/h10-11,13H,4-9H2,1-3H3,(H,14,16). The number of carbonyl (C=O) groups excluding carboxylic acids is 1. The van der Waals surface area contributed by atoms with E-state index >= 15 is 0 Å². The van der Waals surface area contributed by atoms with Gasteiger partial charge < -0.3 is 10.6 Å². The topological polar surface area (TPSA) is 44.4 Å². The summed E-state index contributed by atoms with van der Waals surface area (Å²) in [5.74, 6) is 0.171. The van der Waals surface area contributed by atoms with Crippen LogP contribution in [0.15, 0.2) is 0 Å². The van der Waals surface area contributed by atoms with E-state index in [1.54, 1.807) is 0 Å². The van der Waals surface area contributed by atoms with Crippen LogP contribution in [0.1, 0.15) is 33.1 Å². The zero-order chi connectivity index (χ0) is 12.0. The van der Waals surface area contributed by atoms with Crippen LogP contribution in [-0.4, -0.2) is 49.6 Å². The van der Waals surface area contributed by atoms with Crippen molar-refractivity contribution in [3.8, 4) is 0 Å². The quantitative estimate of drug-likeness (QED) is 0.653. The number of likely N-dealkylation sites (N-methyl/N-ethyl adjacent to an activating group) is 1. The maximum atomic E-state index is 11.8. The summed E-state index contributed by atoms with van der Waals surface area (Å²) in [6.07, 6.45) is 3.33. The lowest BCUT2D eigenvalue weighted by Crippen LogP contribution is -2.45. The number of nitrogens with one attached hydrogen (secondary N) is 2. The highest BCUT2D eigenvalue weighted by molar-refractivity contribution is 5.81. The molecule has 4 heteroatoms. The van der Waals surface area contributed by atoms with Gasteiger partial charge in [-0.05, 0) is 26.8 Å². The summed E-state index contributed by atoms with van der Waals surface area (Å²) >= 11 is 0. The smallest absolute Gasteiger partial charge is 0.237 e. The van der Waals surface area contributed by atoms with Crippen molar-refractivity contribution in [3.63, 3.8) is 0 Å². The molecule has 1 saturated heterocycles. The van der Waals surface area contributed by atoms with Gasteiger partial charge in [-0.25, -0.2) is 0 Å². The average molecular weight is 227 g/mol. The Bertz CT molecular complexity index is 220. The number of amides is 1. The fourth-order valence-electron chi connectivity index (χ4n) is 2.08. The number of hydrogen-bond donors (Lipinski definition) is 2. The van der Waals surface area contributed by atoms with Crippen molar-refractivity contribution in [1.29, 1.82) is 0 Å². The van der Waals surface area contributed by atoms with Gasteiger partial charge in [-0.15, -0.1) is 0 Å². The normalized spacial score (nSPS) is 23.3. The van der Waals surface area contributed by atoms with E-state index in [-0.39, 0.29) is 11.9 Å². The van der Waals surface area contributed by atoms with E-state index in [0.29, 0.717) is 6.04 Å². The molecule has 2 N–H and O–H groups in total. The second kappa shape index (κ2) is 6.86. The Hall–Kier alpha value is -0.610. The van der Waals surface area contributed by atoms with Gasteiger partial charge in [0.1, 0.15) is 0 Å². The molecule has 4 nitrogen and oxygen atoms in total. The second-order valence-corrected chi connectivity index (χ2v) is 4.59. The van der Waals surface area contributed by atoms with Crippen LogP contribution in [0.3, 0.4) is 0 Å². The molecule has 0 aromatic rings. The summed E-state index contributed by atoms with van der Waals surface area (Å²) < 4.78 is 0. The van der Waals surface area contributed by atoms with E-state index in [1.165, 1.54) is 0 Å². The lowest BCUT2D eigenvalue weighted by atomic mass is 10.2. The molecule has 1 fully saturated rings. The Morgan fingerprint density at radius 1 is 1.56 bits per heavy atom. The minimum atomic E-state index is 0.00945. The predicted molar refractivity (Wildman–Crippen MR) is 66.4 cm³/mol. The van der Waals surface area contributed by atoms with Gasteiger partial charge in [-0.1, -0.05) is 13.3 Å². The van der Waals surface area contributed by atoms with Crippen molar-refractivity contribution < 1.29 is 4.79 Å². The maximum Gasteiger partial charge on any atom is 0.237 e. The van der Waals surface area contributed by atoms with E-state index in [1.807, 2.05) is 14.0 Å². The highest BCUT2D eigenvalue weighted by Gasteiger charge is 2.28. The molecule has 2 unspecified atom stereocenters. The van der Waals surface area contributed by atoms with Crippen LogP contribution < -0.4 is 10.6 Å². The SMILES string of the molecule is CCCCNC(=O)C(C)N1CCC(NC)C1. The van der Waals surface area contributed by atoms with Gasteiger partial charge in [0.15, 0.2) is 0 Å². The molecule has 0 aliphatic carbocycles. The molecule has 2 atom stereocenters. The van der Waals surface area contributed by atoms with E-state index < -0.39 is 0 Å². The molecule has 0 spiro atoms. The Kier molecular flexibility index (Phi) is 5.77. The first-order valence-corrected chi connectivity index (χ1v) is 6.38. The predicted octanol–water partition coefficient (Wildman–Crippen LogP) is 0.585. The molecule has 16 heavy (non-hydrogen) atoms. The Morgan fingerprint density at radius 2 is 2.31 bits per heavy atom. The van der Waals surface area contributed by atoms with Crippen LogP contribution >= 0.6 is 0 Å². The minimum absolute atomic E-state index is 0.00945. The third-order valence-corrected chi connectivity index (χ3v) is 3.38. The minimum Gasteiger partial charge on any atom is -0.355 e. The fraction of sp³-hybridized carbons (Fsp3) is 0.917. The number of unbranched alkanes of at least 4 members (excludes halogenated alkanes) is 1. The molecular weight excluding hydrogens is 202 g/mol. The first-order valence-electron chi connectivity index (χ1n) is 6.38. The van der Waals surface area contributed by atoms with E-state index in [4.69, 9.17) is 0 Å². The van der Waals surface area contributed by atoms with Crippen molar-refractivity contribution >= 4 is 5.91 Å². The molecule has 1 aliphatic rings. The Balaban J connectivity index is 2.28. The van der Waals surface area contributed by atoms with Crippen LogP contribution in [0.25, 0.3) is 0 Å². The molecule has 0 aromatic carbocycles. The number of likely N-dealkylation sites (tertiary alicyclic amines) is 1. The van der Waals surface area contributed by atoms with E-state index in [2.05, 4.69) is 22.5 Å². The molecule has 1 rings (SSSR count). The molecular formula is C12H25N3O. The molecule has 0 bridgehead atoms. The summed E-state index contributed by atoms with van der Waals surface area (Å²) in [6, 6.07) is 0.557. The van der Waals surface area contributed by atoms with Crippen LogP contribution in [0, 0.1) is 0 Å². The summed E-state index contributed by atoms with van der Waals surface area (Å²) in [6.45, 7) is 6.95. The lowest BCUT2D eigenvalue weighted by Gasteiger charge is -2.23. The molecule has 1 heterocycles. The molecule has 1 amide bonds. The zero-order valence-electron chi connectivity index (χ0n) is 10.8. The fourth-order valence-corrected chi connectivity index (χ4v) is 2.08. The van der Waals surface area contributed by atoms with Crippen molar-refractivity contribution in [1.82, 2.24) is 15.5 Å². The molecule has 0 saturated carbocycles. The second-order valence-electron chi connectivity index (χ2n) is 4.59. The third kappa shape index (κ3) is 3.76. The van der Waals surface area contributed by atoms with Gasteiger partial charge in [0.05, 0.1) is 6.04 Å². The zero-order valence-corrected chi connectivity index (χ0v) is 10.8. The van der Waals surface area contributed by atoms with Gasteiger partial charge in [0, 0.05) is 25.7 Å². The van der Waals surface area contributed by atoms with Crippen molar-refractivity contribution in [3.05, 3.63) is 0 Å². The highest BCUT2D eigenvalue weighted by atomic mass is 16.2. The summed E-state index contributed by atoms with van der Waals surface area (Å²) in [5.41, 5.74) is 0. The Morgan fingerprint density at radius 3 is 2.88 bits per heavy atom. The summed E-state index contributed by atoms with van der Waals surface area (Å²) in [5, 5.41) is 6.26. The third-order valence-electron chi connectivity index (χ3n) is 3.38. The van der Waals surface area contributed by atoms with Crippen LogP contribution in [0.2, 0.25) is 0 Å². The first kappa shape index (κ1) is 13.5. The summed E-state index contributed by atoms with van der Waals surface area (Å²) in [7, 11) is 1.99. The largest absolute Gasteiger partial charge is 0.355 e. The number of carbonyl (C=O) groups is 1. The summed E-state index contributed by atoms with van der Waals surface area (Å²) in [4.78, 5) is 14.1. The van der Waals surface area contributed by atoms with Gasteiger partial charge in [-0.2, -0.15) is 0 Å². The maximum absolute atomic E-state index is 11.8. The number of hydrogen-bond acceptors (Lipinski definition) is 3. The monoisotopic (exact) mass is 227 g/mol. The molecule has 0 radical (unpaired) electrons. The van der Waals surface area contributed by atoms with Crippen LogP contribution in [0.4, 0.5) is 0 Å².